The van der Waals surface area contributed by atoms with E-state index in [1.165, 1.54) is 32.4 Å². The molecule has 0 unspecified atom stereocenters. The summed E-state index contributed by atoms with van der Waals surface area (Å²) in [7, 11) is 3.00. The third kappa shape index (κ3) is 5.57. The van der Waals surface area contributed by atoms with E-state index in [1.807, 2.05) is 0 Å². The zero-order chi connectivity index (χ0) is 19.8. The minimum Gasteiger partial charge on any atom is -0.493 e. The average Bonchev–Trinajstić information content (AvgIpc) is 2.67. The van der Waals surface area contributed by atoms with Gasteiger partial charge in [0.1, 0.15) is 5.82 Å². The Bertz CT molecular complexity index is 863. The van der Waals surface area contributed by atoms with Crippen LogP contribution < -0.4 is 14.8 Å². The number of anilines is 1. The van der Waals surface area contributed by atoms with Gasteiger partial charge in [-0.1, -0.05) is 18.2 Å². The van der Waals surface area contributed by atoms with Crippen LogP contribution in [0.4, 0.5) is 10.1 Å². The summed E-state index contributed by atoms with van der Waals surface area (Å²) < 4.78 is 28.8. The van der Waals surface area contributed by atoms with Gasteiger partial charge in [0.15, 0.2) is 18.1 Å². The molecule has 0 fully saturated rings. The lowest BCUT2D eigenvalue weighted by molar-refractivity contribution is -0.142. The van der Waals surface area contributed by atoms with Crippen molar-refractivity contribution in [1.82, 2.24) is 0 Å². The van der Waals surface area contributed by atoms with Crippen molar-refractivity contribution in [1.29, 1.82) is 0 Å². The fourth-order valence-corrected chi connectivity index (χ4v) is 2.25. The van der Waals surface area contributed by atoms with Crippen LogP contribution in [0.3, 0.4) is 0 Å². The first-order chi connectivity index (χ1) is 12.9. The van der Waals surface area contributed by atoms with Crippen molar-refractivity contribution in [3.8, 4) is 11.5 Å². The quantitative estimate of drug-likeness (QED) is 0.595. The van der Waals surface area contributed by atoms with Gasteiger partial charge in [-0.3, -0.25) is 4.79 Å². The van der Waals surface area contributed by atoms with Crippen LogP contribution >= 0.6 is 0 Å². The molecule has 7 heteroatoms. The van der Waals surface area contributed by atoms with Crippen LogP contribution in [0.25, 0.3) is 6.08 Å². The van der Waals surface area contributed by atoms with Crippen molar-refractivity contribution in [2.75, 3.05) is 26.1 Å². The monoisotopic (exact) mass is 373 g/mol. The number of ether oxygens (including phenoxy) is 3. The van der Waals surface area contributed by atoms with Crippen molar-refractivity contribution < 1.29 is 28.2 Å². The van der Waals surface area contributed by atoms with E-state index in [1.54, 1.807) is 37.3 Å². The van der Waals surface area contributed by atoms with E-state index in [0.29, 0.717) is 22.6 Å². The zero-order valence-corrected chi connectivity index (χ0v) is 15.2. The number of carbonyl (C=O) groups excluding carboxylic acids is 2. The molecule has 27 heavy (non-hydrogen) atoms. The number of hydrogen-bond donors (Lipinski definition) is 1. The molecule has 1 amide bonds. The van der Waals surface area contributed by atoms with Gasteiger partial charge in [0.25, 0.3) is 5.91 Å². The number of esters is 1. The molecule has 2 rings (SSSR count). The molecular weight excluding hydrogens is 353 g/mol. The lowest BCUT2D eigenvalue weighted by Crippen LogP contribution is -2.20. The van der Waals surface area contributed by atoms with E-state index >= 15 is 0 Å². The first-order valence-corrected chi connectivity index (χ1v) is 8.06. The normalized spacial score (nSPS) is 10.5. The van der Waals surface area contributed by atoms with E-state index in [0.717, 1.165) is 0 Å². The Morgan fingerprint density at radius 2 is 1.93 bits per heavy atom. The Balaban J connectivity index is 1.91. The van der Waals surface area contributed by atoms with Gasteiger partial charge in [-0.2, -0.15) is 0 Å². The minimum atomic E-state index is -0.704. The Morgan fingerprint density at radius 1 is 1.15 bits per heavy atom. The molecule has 0 aliphatic rings. The second-order valence-electron chi connectivity index (χ2n) is 5.54. The molecule has 0 aliphatic heterocycles. The topological polar surface area (TPSA) is 73.9 Å². The van der Waals surface area contributed by atoms with Gasteiger partial charge < -0.3 is 19.5 Å². The molecule has 6 nitrogen and oxygen atoms in total. The Hall–Kier alpha value is -3.35. The summed E-state index contributed by atoms with van der Waals surface area (Å²) in [5.41, 5.74) is 1.38. The number of para-hydroxylation sites is 1. The number of aryl methyl sites for hydroxylation is 1. The number of rotatable bonds is 7. The van der Waals surface area contributed by atoms with Crippen molar-refractivity contribution in [3.05, 3.63) is 59.4 Å². The predicted octanol–water partition coefficient (Wildman–Crippen LogP) is 3.35. The van der Waals surface area contributed by atoms with Crippen molar-refractivity contribution >= 4 is 23.6 Å². The molecule has 0 heterocycles. The molecule has 0 bridgehead atoms. The minimum absolute atomic E-state index is 0.288. The van der Waals surface area contributed by atoms with Gasteiger partial charge in [0, 0.05) is 17.3 Å². The summed E-state index contributed by atoms with van der Waals surface area (Å²) >= 11 is 0. The van der Waals surface area contributed by atoms with Crippen LogP contribution in [0.5, 0.6) is 11.5 Å². The molecule has 142 valence electrons. The number of methoxy groups -OCH3 is 2. The van der Waals surface area contributed by atoms with E-state index in [4.69, 9.17) is 14.2 Å². The standard InChI is InChI=1S/C20H20FNO5/c1-13-7-9-15(11-16(13)21)22-18(23)12-27-19(24)10-8-14-5-4-6-17(25-2)20(14)26-3/h4-11H,12H2,1-3H3,(H,22,23). The highest BCUT2D eigenvalue weighted by Gasteiger charge is 2.09. The smallest absolute Gasteiger partial charge is 0.331 e. The molecule has 0 aliphatic carbocycles. The SMILES string of the molecule is COc1cccc(C=CC(=O)OCC(=O)Nc2ccc(C)c(F)c2)c1OC. The highest BCUT2D eigenvalue weighted by molar-refractivity contribution is 5.94. The molecule has 0 spiro atoms. The Morgan fingerprint density at radius 3 is 2.59 bits per heavy atom. The maximum atomic E-state index is 13.5. The third-order valence-corrected chi connectivity index (χ3v) is 3.63. The Labute approximate surface area is 156 Å². The number of hydrogen-bond acceptors (Lipinski definition) is 5. The molecule has 0 saturated carbocycles. The van der Waals surface area contributed by atoms with Crippen LogP contribution in [0.1, 0.15) is 11.1 Å². The van der Waals surface area contributed by atoms with Crippen LogP contribution in [0.2, 0.25) is 0 Å². The second kappa shape index (κ2) is 9.38. The van der Waals surface area contributed by atoms with Gasteiger partial charge in [-0.25, -0.2) is 9.18 Å². The van der Waals surface area contributed by atoms with Gasteiger partial charge in [-0.05, 0) is 36.8 Å². The number of benzene rings is 2. The average molecular weight is 373 g/mol. The van der Waals surface area contributed by atoms with Crippen molar-refractivity contribution in [2.24, 2.45) is 0 Å². The fraction of sp³-hybridized carbons (Fsp3) is 0.200. The first kappa shape index (κ1) is 20.0. The summed E-state index contributed by atoms with van der Waals surface area (Å²) in [5, 5.41) is 2.46. The van der Waals surface area contributed by atoms with E-state index < -0.39 is 24.3 Å². The van der Waals surface area contributed by atoms with Gasteiger partial charge in [-0.15, -0.1) is 0 Å². The zero-order valence-electron chi connectivity index (χ0n) is 15.2. The second-order valence-corrected chi connectivity index (χ2v) is 5.54. The summed E-state index contributed by atoms with van der Waals surface area (Å²) in [6, 6.07) is 9.52. The number of carbonyl (C=O) groups is 2. The number of nitrogens with one attached hydrogen (secondary N) is 1. The fourth-order valence-electron chi connectivity index (χ4n) is 2.25. The molecule has 2 aromatic carbocycles. The maximum Gasteiger partial charge on any atom is 0.331 e. The van der Waals surface area contributed by atoms with Crippen LogP contribution in [-0.2, 0) is 14.3 Å². The molecule has 0 aromatic heterocycles. The third-order valence-electron chi connectivity index (χ3n) is 3.63. The summed E-state index contributed by atoms with van der Waals surface area (Å²) in [4.78, 5) is 23.6. The van der Waals surface area contributed by atoms with Crippen LogP contribution in [-0.4, -0.2) is 32.7 Å². The van der Waals surface area contributed by atoms with Gasteiger partial charge >= 0.3 is 5.97 Å². The number of amides is 1. The van der Waals surface area contributed by atoms with E-state index in [9.17, 15) is 14.0 Å². The van der Waals surface area contributed by atoms with Gasteiger partial charge in [0.2, 0.25) is 0 Å². The Kier molecular flexibility index (Phi) is 6.93. The molecule has 0 saturated heterocycles. The van der Waals surface area contributed by atoms with Crippen molar-refractivity contribution in [2.45, 2.75) is 6.92 Å². The summed E-state index contributed by atoms with van der Waals surface area (Å²) in [5.74, 6) is -0.704. The first-order valence-electron chi connectivity index (χ1n) is 8.06. The highest BCUT2D eigenvalue weighted by Crippen LogP contribution is 2.31. The number of halogens is 1. The molecule has 0 radical (unpaired) electrons. The molecule has 1 N–H and O–H groups in total. The van der Waals surface area contributed by atoms with Crippen molar-refractivity contribution in [3.63, 3.8) is 0 Å². The van der Waals surface area contributed by atoms with E-state index in [2.05, 4.69) is 5.32 Å². The molecule has 2 aromatic rings. The molecular formula is C20H20FNO5. The van der Waals surface area contributed by atoms with Crippen LogP contribution in [0.15, 0.2) is 42.5 Å². The highest BCUT2D eigenvalue weighted by atomic mass is 19.1. The summed E-state index contributed by atoms with van der Waals surface area (Å²) in [6.45, 7) is 1.13. The summed E-state index contributed by atoms with van der Waals surface area (Å²) in [6.07, 6.45) is 2.67. The lowest BCUT2D eigenvalue weighted by Gasteiger charge is -2.09. The predicted molar refractivity (Wildman–Crippen MR) is 99.3 cm³/mol. The largest absolute Gasteiger partial charge is 0.493 e. The maximum absolute atomic E-state index is 13.5. The lowest BCUT2D eigenvalue weighted by atomic mass is 10.1. The van der Waals surface area contributed by atoms with Gasteiger partial charge in [0.05, 0.1) is 14.2 Å². The van der Waals surface area contributed by atoms with E-state index in [-0.39, 0.29) is 5.69 Å². The molecule has 0 atom stereocenters. The van der Waals surface area contributed by atoms with Crippen LogP contribution in [0, 0.1) is 12.7 Å².